The van der Waals surface area contributed by atoms with Gasteiger partial charge in [-0.05, 0) is 31.4 Å². The van der Waals surface area contributed by atoms with E-state index in [1.165, 1.54) is 38.5 Å². The first-order chi connectivity index (χ1) is 23.4. The first-order valence-electron chi connectivity index (χ1n) is 18.5. The summed E-state index contributed by atoms with van der Waals surface area (Å²) in [6, 6.07) is 8.81. The fourth-order valence-electron chi connectivity index (χ4n) is 5.77. The van der Waals surface area contributed by atoms with Gasteiger partial charge in [0, 0.05) is 13.0 Å². The predicted molar refractivity (Wildman–Crippen MR) is 185 cm³/mol. The minimum atomic E-state index is -1.59. The number of nitrogens with one attached hydrogen (secondary N) is 2. The van der Waals surface area contributed by atoms with Crippen LogP contribution in [0.2, 0.25) is 0 Å². The molecular formula is C37H64N2O9. The Morgan fingerprint density at radius 1 is 0.771 bits per heavy atom. The topological polar surface area (TPSA) is 167 Å². The Balaban J connectivity index is 1.68. The number of unbranched alkanes of at least 4 members (excludes halogenated alkanes) is 15. The van der Waals surface area contributed by atoms with E-state index in [0.29, 0.717) is 13.0 Å². The maximum atomic E-state index is 13.1. The molecule has 11 heteroatoms. The van der Waals surface area contributed by atoms with Gasteiger partial charge < -0.3 is 45.3 Å². The number of ether oxygens (including phenoxy) is 3. The van der Waals surface area contributed by atoms with Gasteiger partial charge in [-0.25, -0.2) is 0 Å². The normalized spacial score (nSPS) is 21.5. The van der Waals surface area contributed by atoms with Crippen molar-refractivity contribution in [3.05, 3.63) is 30.3 Å². The molecule has 11 nitrogen and oxygen atoms in total. The third-order valence-corrected chi connectivity index (χ3v) is 8.82. The second-order valence-electron chi connectivity index (χ2n) is 13.0. The van der Waals surface area contributed by atoms with E-state index in [1.54, 1.807) is 0 Å². The van der Waals surface area contributed by atoms with E-state index in [2.05, 4.69) is 17.6 Å². The van der Waals surface area contributed by atoms with Crippen LogP contribution in [0.25, 0.3) is 0 Å². The van der Waals surface area contributed by atoms with Crippen molar-refractivity contribution in [3.8, 4) is 5.75 Å². The molecule has 6 N–H and O–H groups in total. The number of rotatable bonds is 28. The standard InChI is InChI=1S/C37H64N2O9/c1-2-3-4-5-6-8-11-14-20-25-38-36(45)30(28-47-37-35(44)34(43)33(42)31(27-40)48-37)39-32(41)24-19-13-10-7-9-12-15-21-26-46-29-22-17-16-18-23-29/h16-18,22-23,30-31,33-35,37,40,42-44H,2-15,19-21,24-28H2,1H3,(H,38,45)(H,39,41)/t30-,31+,33-,34-,35+,37-/m0/s1. The van der Waals surface area contributed by atoms with Gasteiger partial charge in [0.15, 0.2) is 6.29 Å². The molecule has 1 aromatic carbocycles. The molecule has 1 fully saturated rings. The summed E-state index contributed by atoms with van der Waals surface area (Å²) in [5.74, 6) is 0.236. The smallest absolute Gasteiger partial charge is 0.244 e. The highest BCUT2D eigenvalue weighted by atomic mass is 16.7. The molecule has 0 aromatic heterocycles. The SMILES string of the molecule is CCCCCCCCCCCNC(=O)[C@H](CO[C@H]1O[C@H](CO)[C@H](O)[C@H](O)[C@H]1O)NC(=O)CCCCCCCCCCOc1ccccc1. The Bertz CT molecular complexity index is 952. The maximum absolute atomic E-state index is 13.1. The van der Waals surface area contributed by atoms with Crippen molar-refractivity contribution in [1.29, 1.82) is 0 Å². The Morgan fingerprint density at radius 3 is 1.98 bits per heavy atom. The van der Waals surface area contributed by atoms with Crippen LogP contribution >= 0.6 is 0 Å². The molecule has 1 heterocycles. The average molecular weight is 681 g/mol. The van der Waals surface area contributed by atoms with Gasteiger partial charge in [-0.3, -0.25) is 9.59 Å². The molecule has 0 saturated carbocycles. The molecular weight excluding hydrogens is 616 g/mol. The van der Waals surface area contributed by atoms with Crippen molar-refractivity contribution in [1.82, 2.24) is 10.6 Å². The highest BCUT2D eigenvalue weighted by Crippen LogP contribution is 2.22. The summed E-state index contributed by atoms with van der Waals surface area (Å²) in [5.41, 5.74) is 0. The number of aliphatic hydroxyl groups is 4. The maximum Gasteiger partial charge on any atom is 0.244 e. The van der Waals surface area contributed by atoms with Crippen LogP contribution in [0.3, 0.4) is 0 Å². The Morgan fingerprint density at radius 2 is 1.35 bits per heavy atom. The molecule has 2 rings (SSSR count). The van der Waals surface area contributed by atoms with Crippen molar-refractivity contribution in [3.63, 3.8) is 0 Å². The van der Waals surface area contributed by atoms with Gasteiger partial charge in [0.05, 0.1) is 19.8 Å². The number of amides is 2. The summed E-state index contributed by atoms with van der Waals surface area (Å²) in [4.78, 5) is 25.9. The molecule has 276 valence electrons. The van der Waals surface area contributed by atoms with Crippen LogP contribution in [-0.2, 0) is 19.1 Å². The quantitative estimate of drug-likeness (QED) is 0.0698. The number of hydrogen-bond donors (Lipinski definition) is 6. The Hall–Kier alpha value is -2.28. The van der Waals surface area contributed by atoms with Crippen molar-refractivity contribution < 1.29 is 44.2 Å². The number of benzene rings is 1. The minimum Gasteiger partial charge on any atom is -0.494 e. The van der Waals surface area contributed by atoms with Crippen LogP contribution in [0.15, 0.2) is 30.3 Å². The first-order valence-corrected chi connectivity index (χ1v) is 18.5. The van der Waals surface area contributed by atoms with Crippen molar-refractivity contribution in [2.75, 3.05) is 26.4 Å². The molecule has 0 aliphatic carbocycles. The average Bonchev–Trinajstić information content (AvgIpc) is 3.09. The van der Waals surface area contributed by atoms with Crippen molar-refractivity contribution >= 4 is 11.8 Å². The fourth-order valence-corrected chi connectivity index (χ4v) is 5.77. The molecule has 1 saturated heterocycles. The van der Waals surface area contributed by atoms with E-state index >= 15 is 0 Å². The minimum absolute atomic E-state index is 0.269. The fraction of sp³-hybridized carbons (Fsp3) is 0.784. The number of para-hydroxylation sites is 1. The zero-order chi connectivity index (χ0) is 34.8. The largest absolute Gasteiger partial charge is 0.494 e. The highest BCUT2D eigenvalue weighted by Gasteiger charge is 2.44. The molecule has 1 aliphatic rings. The zero-order valence-corrected chi connectivity index (χ0v) is 29.2. The zero-order valence-electron chi connectivity index (χ0n) is 29.2. The van der Waals surface area contributed by atoms with Crippen molar-refractivity contribution in [2.24, 2.45) is 0 Å². The van der Waals surface area contributed by atoms with Gasteiger partial charge in [0.1, 0.15) is 36.2 Å². The predicted octanol–water partition coefficient (Wildman–Crippen LogP) is 4.52. The third-order valence-electron chi connectivity index (χ3n) is 8.82. The summed E-state index contributed by atoms with van der Waals surface area (Å²) in [6.07, 6.45) is 11.8. The molecule has 1 aliphatic heterocycles. The molecule has 6 atom stereocenters. The molecule has 48 heavy (non-hydrogen) atoms. The van der Waals surface area contributed by atoms with Gasteiger partial charge in [0.2, 0.25) is 11.8 Å². The van der Waals surface area contributed by atoms with Gasteiger partial charge in [-0.2, -0.15) is 0 Å². The summed E-state index contributed by atoms with van der Waals surface area (Å²) in [6.45, 7) is 2.51. The van der Waals surface area contributed by atoms with Crippen LogP contribution in [0.1, 0.15) is 122 Å². The third kappa shape index (κ3) is 17.9. The summed E-state index contributed by atoms with van der Waals surface area (Å²) < 4.78 is 16.8. The van der Waals surface area contributed by atoms with Crippen molar-refractivity contribution in [2.45, 2.75) is 159 Å². The number of carbonyl (C=O) groups is 2. The summed E-state index contributed by atoms with van der Waals surface area (Å²) >= 11 is 0. The molecule has 2 amide bonds. The van der Waals surface area contributed by atoms with Crippen LogP contribution < -0.4 is 15.4 Å². The first kappa shape index (κ1) is 41.9. The molecule has 0 radical (unpaired) electrons. The van der Waals surface area contributed by atoms with Gasteiger partial charge in [-0.15, -0.1) is 0 Å². The number of aliphatic hydroxyl groups excluding tert-OH is 4. The lowest BCUT2D eigenvalue weighted by atomic mass is 9.99. The van der Waals surface area contributed by atoms with E-state index in [4.69, 9.17) is 14.2 Å². The van der Waals surface area contributed by atoms with Crippen LogP contribution in [0.5, 0.6) is 5.75 Å². The molecule has 0 unspecified atom stereocenters. The van der Waals surface area contributed by atoms with E-state index in [0.717, 1.165) is 76.6 Å². The summed E-state index contributed by atoms with van der Waals surface area (Å²) in [7, 11) is 0. The number of carbonyl (C=O) groups excluding carboxylic acids is 2. The van der Waals surface area contributed by atoms with Gasteiger partial charge >= 0.3 is 0 Å². The lowest BCUT2D eigenvalue weighted by molar-refractivity contribution is -0.301. The van der Waals surface area contributed by atoms with Crippen LogP contribution in [-0.4, -0.2) is 95.4 Å². The molecule has 0 bridgehead atoms. The summed E-state index contributed by atoms with van der Waals surface area (Å²) in [5, 5.41) is 45.6. The Labute approximate surface area is 288 Å². The van der Waals surface area contributed by atoms with E-state index in [9.17, 15) is 30.0 Å². The second kappa shape index (κ2) is 26.6. The molecule has 0 spiro atoms. The highest BCUT2D eigenvalue weighted by molar-refractivity contribution is 5.87. The lowest BCUT2D eigenvalue weighted by Crippen LogP contribution is -2.60. The van der Waals surface area contributed by atoms with E-state index in [-0.39, 0.29) is 18.9 Å². The van der Waals surface area contributed by atoms with Crippen LogP contribution in [0.4, 0.5) is 0 Å². The monoisotopic (exact) mass is 680 g/mol. The van der Waals surface area contributed by atoms with Gasteiger partial charge in [0.25, 0.3) is 0 Å². The number of hydrogen-bond acceptors (Lipinski definition) is 9. The lowest BCUT2D eigenvalue weighted by Gasteiger charge is -2.39. The van der Waals surface area contributed by atoms with Crippen LogP contribution in [0, 0.1) is 0 Å². The molecule has 1 aromatic rings. The van der Waals surface area contributed by atoms with Gasteiger partial charge in [-0.1, -0.05) is 115 Å². The van der Waals surface area contributed by atoms with E-state index < -0.39 is 49.3 Å². The Kier molecular flexibility index (Phi) is 23.2. The van der Waals surface area contributed by atoms with E-state index in [1.807, 2.05) is 30.3 Å². The second-order valence-corrected chi connectivity index (χ2v) is 13.0.